The van der Waals surface area contributed by atoms with E-state index in [4.69, 9.17) is 22.1 Å². The molecule has 0 amide bonds. The first-order chi connectivity index (χ1) is 8.04. The minimum Gasteiger partial charge on any atom is -0.496 e. The van der Waals surface area contributed by atoms with Crippen molar-refractivity contribution >= 4 is 11.6 Å². The summed E-state index contributed by atoms with van der Waals surface area (Å²) in [7, 11) is 1.69. The normalized spacial score (nSPS) is 12.5. The maximum Gasteiger partial charge on any atom is 0.125 e. The van der Waals surface area contributed by atoms with Gasteiger partial charge in [-0.05, 0) is 50.1 Å². The standard InChI is InChI=1S/C13H21ClN2O/c1-9-6-12(14)7-11(13(9)17-3)4-5-16-8-10(2)15/h6-7,10,16H,4-5,8,15H2,1-3H3. The fourth-order valence-corrected chi connectivity index (χ4v) is 2.13. The third kappa shape index (κ3) is 4.54. The highest BCUT2D eigenvalue weighted by Crippen LogP contribution is 2.27. The van der Waals surface area contributed by atoms with E-state index >= 15 is 0 Å². The molecule has 1 unspecified atom stereocenters. The second-order valence-corrected chi connectivity index (χ2v) is 4.78. The molecule has 0 heterocycles. The van der Waals surface area contributed by atoms with Gasteiger partial charge < -0.3 is 15.8 Å². The monoisotopic (exact) mass is 256 g/mol. The van der Waals surface area contributed by atoms with Gasteiger partial charge in [-0.1, -0.05) is 11.6 Å². The number of aryl methyl sites for hydroxylation is 1. The largest absolute Gasteiger partial charge is 0.496 e. The van der Waals surface area contributed by atoms with Crippen LogP contribution in [-0.4, -0.2) is 26.2 Å². The van der Waals surface area contributed by atoms with Gasteiger partial charge in [-0.2, -0.15) is 0 Å². The predicted molar refractivity (Wildman–Crippen MR) is 73.0 cm³/mol. The third-order valence-corrected chi connectivity index (χ3v) is 2.78. The van der Waals surface area contributed by atoms with Crippen LogP contribution in [0.15, 0.2) is 12.1 Å². The van der Waals surface area contributed by atoms with E-state index in [1.54, 1.807) is 7.11 Å². The molecule has 4 heteroatoms. The van der Waals surface area contributed by atoms with E-state index in [9.17, 15) is 0 Å². The molecule has 0 aromatic heterocycles. The Morgan fingerprint density at radius 2 is 2.18 bits per heavy atom. The molecule has 0 aliphatic rings. The van der Waals surface area contributed by atoms with Gasteiger partial charge in [0.25, 0.3) is 0 Å². The van der Waals surface area contributed by atoms with E-state index in [1.165, 1.54) is 0 Å². The van der Waals surface area contributed by atoms with Crippen LogP contribution in [0.25, 0.3) is 0 Å². The van der Waals surface area contributed by atoms with E-state index in [-0.39, 0.29) is 6.04 Å². The number of hydrogen-bond acceptors (Lipinski definition) is 3. The SMILES string of the molecule is COc1c(C)cc(Cl)cc1CCNCC(C)N. The van der Waals surface area contributed by atoms with Crippen LogP contribution in [0.4, 0.5) is 0 Å². The van der Waals surface area contributed by atoms with Crippen LogP contribution in [0.1, 0.15) is 18.1 Å². The molecule has 0 bridgehead atoms. The fraction of sp³-hybridized carbons (Fsp3) is 0.538. The van der Waals surface area contributed by atoms with Crippen molar-refractivity contribution in [3.8, 4) is 5.75 Å². The first kappa shape index (κ1) is 14.3. The number of hydrogen-bond donors (Lipinski definition) is 2. The van der Waals surface area contributed by atoms with Gasteiger partial charge in [-0.25, -0.2) is 0 Å². The van der Waals surface area contributed by atoms with Crippen LogP contribution < -0.4 is 15.8 Å². The number of halogens is 1. The third-order valence-electron chi connectivity index (χ3n) is 2.56. The molecular weight excluding hydrogens is 236 g/mol. The van der Waals surface area contributed by atoms with Crippen LogP contribution in [0.2, 0.25) is 5.02 Å². The van der Waals surface area contributed by atoms with Crippen molar-refractivity contribution in [3.05, 3.63) is 28.3 Å². The molecule has 0 spiro atoms. The molecule has 0 aliphatic heterocycles. The van der Waals surface area contributed by atoms with Crippen molar-refractivity contribution in [3.63, 3.8) is 0 Å². The molecule has 0 aliphatic carbocycles. The zero-order valence-corrected chi connectivity index (χ0v) is 11.5. The Balaban J connectivity index is 2.63. The van der Waals surface area contributed by atoms with E-state index in [0.717, 1.165) is 41.4 Å². The summed E-state index contributed by atoms with van der Waals surface area (Å²) in [6, 6.07) is 4.05. The minimum atomic E-state index is 0.179. The summed E-state index contributed by atoms with van der Waals surface area (Å²) >= 11 is 6.05. The second-order valence-electron chi connectivity index (χ2n) is 4.35. The molecule has 3 nitrogen and oxygen atoms in total. The lowest BCUT2D eigenvalue weighted by molar-refractivity contribution is 0.406. The lowest BCUT2D eigenvalue weighted by atomic mass is 10.1. The minimum absolute atomic E-state index is 0.179. The van der Waals surface area contributed by atoms with Crippen molar-refractivity contribution in [2.24, 2.45) is 5.73 Å². The molecule has 0 radical (unpaired) electrons. The smallest absolute Gasteiger partial charge is 0.125 e. The molecule has 0 saturated heterocycles. The van der Waals surface area contributed by atoms with Gasteiger partial charge in [0.05, 0.1) is 7.11 Å². The fourth-order valence-electron chi connectivity index (χ4n) is 1.83. The number of rotatable bonds is 6. The number of methoxy groups -OCH3 is 1. The van der Waals surface area contributed by atoms with Gasteiger partial charge in [0.15, 0.2) is 0 Å². The summed E-state index contributed by atoms with van der Waals surface area (Å²) in [4.78, 5) is 0. The average molecular weight is 257 g/mol. The highest BCUT2D eigenvalue weighted by atomic mass is 35.5. The van der Waals surface area contributed by atoms with Gasteiger partial charge in [0, 0.05) is 17.6 Å². The Morgan fingerprint density at radius 3 is 2.76 bits per heavy atom. The zero-order valence-electron chi connectivity index (χ0n) is 10.7. The summed E-state index contributed by atoms with van der Waals surface area (Å²) in [5, 5.41) is 4.05. The molecule has 0 fully saturated rings. The first-order valence-electron chi connectivity index (χ1n) is 5.84. The summed E-state index contributed by atoms with van der Waals surface area (Å²) < 4.78 is 5.40. The number of benzene rings is 1. The van der Waals surface area contributed by atoms with Crippen LogP contribution in [0.3, 0.4) is 0 Å². The van der Waals surface area contributed by atoms with Crippen molar-refractivity contribution in [2.75, 3.05) is 20.2 Å². The Morgan fingerprint density at radius 1 is 1.47 bits per heavy atom. The van der Waals surface area contributed by atoms with E-state index in [1.807, 2.05) is 26.0 Å². The Labute approximate surface area is 108 Å². The Bertz CT molecular complexity index is 367. The summed E-state index contributed by atoms with van der Waals surface area (Å²) in [6.45, 7) is 5.68. The average Bonchev–Trinajstić information content (AvgIpc) is 2.23. The summed E-state index contributed by atoms with van der Waals surface area (Å²) in [5.74, 6) is 0.928. The molecule has 17 heavy (non-hydrogen) atoms. The highest BCUT2D eigenvalue weighted by molar-refractivity contribution is 6.30. The second kappa shape index (κ2) is 6.84. The van der Waals surface area contributed by atoms with Crippen LogP contribution in [-0.2, 0) is 6.42 Å². The maximum atomic E-state index is 6.05. The van der Waals surface area contributed by atoms with Crippen LogP contribution >= 0.6 is 11.6 Å². The topological polar surface area (TPSA) is 47.3 Å². The van der Waals surface area contributed by atoms with Crippen molar-refractivity contribution in [1.82, 2.24) is 5.32 Å². The molecule has 1 aromatic rings. The molecule has 1 atom stereocenters. The first-order valence-corrected chi connectivity index (χ1v) is 6.21. The molecular formula is C13H21ClN2O. The number of nitrogens with two attached hydrogens (primary N) is 1. The van der Waals surface area contributed by atoms with Crippen molar-refractivity contribution in [1.29, 1.82) is 0 Å². The van der Waals surface area contributed by atoms with Crippen LogP contribution in [0, 0.1) is 6.92 Å². The Kier molecular flexibility index (Phi) is 5.75. The van der Waals surface area contributed by atoms with Crippen molar-refractivity contribution < 1.29 is 4.74 Å². The Hall–Kier alpha value is -0.770. The van der Waals surface area contributed by atoms with Gasteiger partial charge >= 0.3 is 0 Å². The van der Waals surface area contributed by atoms with Gasteiger partial charge in [0.1, 0.15) is 5.75 Å². The molecule has 1 rings (SSSR count). The van der Waals surface area contributed by atoms with Gasteiger partial charge in [0.2, 0.25) is 0 Å². The van der Waals surface area contributed by atoms with Crippen LogP contribution in [0.5, 0.6) is 5.75 Å². The maximum absolute atomic E-state index is 6.05. The molecule has 96 valence electrons. The number of nitrogens with one attached hydrogen (secondary N) is 1. The predicted octanol–water partition coefficient (Wildman–Crippen LogP) is 2.14. The molecule has 3 N–H and O–H groups in total. The van der Waals surface area contributed by atoms with E-state index in [2.05, 4.69) is 5.32 Å². The lowest BCUT2D eigenvalue weighted by Crippen LogP contribution is -2.32. The van der Waals surface area contributed by atoms with Crippen molar-refractivity contribution in [2.45, 2.75) is 26.3 Å². The molecule has 0 saturated carbocycles. The lowest BCUT2D eigenvalue weighted by Gasteiger charge is -2.13. The van der Waals surface area contributed by atoms with Gasteiger partial charge in [-0.15, -0.1) is 0 Å². The zero-order chi connectivity index (χ0) is 12.8. The summed E-state index contributed by atoms with van der Waals surface area (Å²) in [6.07, 6.45) is 0.886. The quantitative estimate of drug-likeness (QED) is 0.767. The number of ether oxygens (including phenoxy) is 1. The highest BCUT2D eigenvalue weighted by Gasteiger charge is 2.07. The van der Waals surface area contributed by atoms with Gasteiger partial charge in [-0.3, -0.25) is 0 Å². The van der Waals surface area contributed by atoms with E-state index in [0.29, 0.717) is 0 Å². The summed E-state index contributed by atoms with van der Waals surface area (Å²) in [5.41, 5.74) is 7.87. The van der Waals surface area contributed by atoms with E-state index < -0.39 is 0 Å². The molecule has 1 aromatic carbocycles.